The summed E-state index contributed by atoms with van der Waals surface area (Å²) in [5.74, 6) is 0.771. The fraction of sp³-hybridized carbons (Fsp3) is 0.500. The van der Waals surface area contributed by atoms with Crippen molar-refractivity contribution in [2.45, 2.75) is 25.0 Å². The fourth-order valence-electron chi connectivity index (χ4n) is 1.40. The van der Waals surface area contributed by atoms with E-state index in [2.05, 4.69) is 21.2 Å². The summed E-state index contributed by atoms with van der Waals surface area (Å²) in [5, 5.41) is 12.9. The Morgan fingerprint density at radius 2 is 2.19 bits per heavy atom. The van der Waals surface area contributed by atoms with Gasteiger partial charge in [-0.05, 0) is 40.9 Å². The molecule has 1 aromatic rings. The van der Waals surface area contributed by atoms with E-state index in [1.807, 2.05) is 24.3 Å². The van der Waals surface area contributed by atoms with Gasteiger partial charge in [0, 0.05) is 12.6 Å². The maximum Gasteiger partial charge on any atom is 0.133 e. The predicted octanol–water partition coefficient (Wildman–Crippen LogP) is 1.94. The van der Waals surface area contributed by atoms with E-state index >= 15 is 0 Å². The number of para-hydroxylation sites is 1. The number of hydrogen-bond donors (Lipinski definition) is 2. The molecule has 88 valence electrons. The van der Waals surface area contributed by atoms with Crippen LogP contribution in [0.1, 0.15) is 12.8 Å². The van der Waals surface area contributed by atoms with Crippen LogP contribution in [0.4, 0.5) is 0 Å². The van der Waals surface area contributed by atoms with Gasteiger partial charge in [0.25, 0.3) is 0 Å². The molecule has 2 N–H and O–H groups in total. The lowest BCUT2D eigenvalue weighted by Crippen LogP contribution is -2.32. The number of benzene rings is 1. The molecule has 0 heterocycles. The van der Waals surface area contributed by atoms with Crippen LogP contribution in [0.3, 0.4) is 0 Å². The zero-order valence-electron chi connectivity index (χ0n) is 9.03. The van der Waals surface area contributed by atoms with Gasteiger partial charge in [-0.3, -0.25) is 0 Å². The first-order chi connectivity index (χ1) is 7.75. The van der Waals surface area contributed by atoms with E-state index in [9.17, 15) is 5.11 Å². The molecule has 16 heavy (non-hydrogen) atoms. The van der Waals surface area contributed by atoms with E-state index in [1.165, 1.54) is 12.8 Å². The third-order valence-electron chi connectivity index (χ3n) is 2.49. The monoisotopic (exact) mass is 285 g/mol. The Labute approximate surface area is 104 Å². The standard InChI is InChI=1S/C12H16BrNO2/c13-11-3-1-2-4-12(11)16-8-10(15)7-14-9-5-6-9/h1-4,9-10,14-15H,5-8H2. The number of ether oxygens (including phenoxy) is 1. The number of nitrogens with one attached hydrogen (secondary N) is 1. The van der Waals surface area contributed by atoms with Gasteiger partial charge >= 0.3 is 0 Å². The van der Waals surface area contributed by atoms with Crippen LogP contribution in [0.5, 0.6) is 5.75 Å². The Bertz CT molecular complexity index is 342. The van der Waals surface area contributed by atoms with Crippen LogP contribution in [0.2, 0.25) is 0 Å². The third kappa shape index (κ3) is 3.77. The molecule has 2 rings (SSSR count). The molecule has 4 heteroatoms. The molecule has 0 spiro atoms. The number of halogens is 1. The van der Waals surface area contributed by atoms with Crippen LogP contribution in [0, 0.1) is 0 Å². The molecule has 1 aliphatic carbocycles. The maximum atomic E-state index is 9.68. The first-order valence-corrected chi connectivity index (χ1v) is 6.34. The highest BCUT2D eigenvalue weighted by molar-refractivity contribution is 9.10. The normalized spacial score (nSPS) is 17.1. The molecule has 0 saturated heterocycles. The number of aliphatic hydroxyl groups excluding tert-OH is 1. The molecule has 1 unspecified atom stereocenters. The summed E-state index contributed by atoms with van der Waals surface area (Å²) in [6, 6.07) is 8.27. The topological polar surface area (TPSA) is 41.5 Å². The fourth-order valence-corrected chi connectivity index (χ4v) is 1.80. The van der Waals surface area contributed by atoms with Gasteiger partial charge in [0.05, 0.1) is 4.47 Å². The minimum absolute atomic E-state index is 0.322. The second-order valence-electron chi connectivity index (χ2n) is 4.08. The predicted molar refractivity (Wildman–Crippen MR) is 66.7 cm³/mol. The van der Waals surface area contributed by atoms with Crippen molar-refractivity contribution in [3.8, 4) is 5.75 Å². The Morgan fingerprint density at radius 1 is 1.44 bits per heavy atom. The van der Waals surface area contributed by atoms with Crippen molar-refractivity contribution in [1.29, 1.82) is 0 Å². The van der Waals surface area contributed by atoms with Crippen molar-refractivity contribution < 1.29 is 9.84 Å². The minimum Gasteiger partial charge on any atom is -0.490 e. The highest BCUT2D eigenvalue weighted by Crippen LogP contribution is 2.23. The number of hydrogen-bond acceptors (Lipinski definition) is 3. The average molecular weight is 286 g/mol. The van der Waals surface area contributed by atoms with Crippen LogP contribution < -0.4 is 10.1 Å². The largest absolute Gasteiger partial charge is 0.490 e. The summed E-state index contributed by atoms with van der Waals surface area (Å²) in [6.07, 6.45) is 2.02. The summed E-state index contributed by atoms with van der Waals surface area (Å²) in [7, 11) is 0. The lowest BCUT2D eigenvalue weighted by Gasteiger charge is -2.13. The molecule has 0 bridgehead atoms. The molecular formula is C12H16BrNO2. The van der Waals surface area contributed by atoms with Crippen molar-refractivity contribution in [2.24, 2.45) is 0 Å². The third-order valence-corrected chi connectivity index (χ3v) is 3.14. The van der Waals surface area contributed by atoms with E-state index in [1.54, 1.807) is 0 Å². The van der Waals surface area contributed by atoms with E-state index in [0.717, 1.165) is 10.2 Å². The zero-order valence-corrected chi connectivity index (χ0v) is 10.6. The van der Waals surface area contributed by atoms with Gasteiger partial charge in [-0.15, -0.1) is 0 Å². The zero-order chi connectivity index (χ0) is 11.4. The van der Waals surface area contributed by atoms with E-state index < -0.39 is 6.10 Å². The van der Waals surface area contributed by atoms with Gasteiger partial charge in [0.15, 0.2) is 0 Å². The van der Waals surface area contributed by atoms with Gasteiger partial charge in [0.2, 0.25) is 0 Å². The number of aliphatic hydroxyl groups is 1. The van der Waals surface area contributed by atoms with Gasteiger partial charge in [0.1, 0.15) is 18.5 Å². The van der Waals surface area contributed by atoms with Crippen molar-refractivity contribution >= 4 is 15.9 Å². The molecule has 0 aromatic heterocycles. The van der Waals surface area contributed by atoms with Crippen molar-refractivity contribution in [3.05, 3.63) is 28.7 Å². The first-order valence-electron chi connectivity index (χ1n) is 5.54. The average Bonchev–Trinajstić information content (AvgIpc) is 3.09. The molecule has 1 saturated carbocycles. The molecule has 3 nitrogen and oxygen atoms in total. The Kier molecular flexibility index (Phi) is 4.21. The Balaban J connectivity index is 1.71. The summed E-state index contributed by atoms with van der Waals surface area (Å²) < 4.78 is 6.43. The van der Waals surface area contributed by atoms with Crippen molar-refractivity contribution in [1.82, 2.24) is 5.32 Å². The summed E-state index contributed by atoms with van der Waals surface area (Å²) in [4.78, 5) is 0. The summed E-state index contributed by atoms with van der Waals surface area (Å²) in [5.41, 5.74) is 0. The molecule has 1 aromatic carbocycles. The van der Waals surface area contributed by atoms with Crippen LogP contribution in [0.15, 0.2) is 28.7 Å². The lowest BCUT2D eigenvalue weighted by atomic mass is 10.3. The second kappa shape index (κ2) is 5.66. The molecule has 0 radical (unpaired) electrons. The summed E-state index contributed by atoms with van der Waals surface area (Å²) >= 11 is 3.40. The SMILES string of the molecule is OC(CNC1CC1)COc1ccccc1Br. The van der Waals surface area contributed by atoms with E-state index in [4.69, 9.17) is 4.74 Å². The van der Waals surface area contributed by atoms with Crippen molar-refractivity contribution in [2.75, 3.05) is 13.2 Å². The van der Waals surface area contributed by atoms with Gasteiger partial charge in [-0.25, -0.2) is 0 Å². The van der Waals surface area contributed by atoms with Crippen LogP contribution in [-0.2, 0) is 0 Å². The van der Waals surface area contributed by atoms with E-state index in [-0.39, 0.29) is 0 Å². The summed E-state index contributed by atoms with van der Waals surface area (Å²) in [6.45, 7) is 0.928. The molecule has 1 fully saturated rings. The van der Waals surface area contributed by atoms with Gasteiger partial charge < -0.3 is 15.2 Å². The smallest absolute Gasteiger partial charge is 0.133 e. The Hall–Kier alpha value is -0.580. The molecule has 0 aliphatic heterocycles. The van der Waals surface area contributed by atoms with Crippen LogP contribution in [0.25, 0.3) is 0 Å². The van der Waals surface area contributed by atoms with Crippen molar-refractivity contribution in [3.63, 3.8) is 0 Å². The molecular weight excluding hydrogens is 270 g/mol. The lowest BCUT2D eigenvalue weighted by molar-refractivity contribution is 0.106. The van der Waals surface area contributed by atoms with Gasteiger partial charge in [-0.2, -0.15) is 0 Å². The van der Waals surface area contributed by atoms with Gasteiger partial charge in [-0.1, -0.05) is 12.1 Å². The highest BCUT2D eigenvalue weighted by atomic mass is 79.9. The van der Waals surface area contributed by atoms with Crippen LogP contribution in [-0.4, -0.2) is 30.4 Å². The van der Waals surface area contributed by atoms with Crippen LogP contribution >= 0.6 is 15.9 Å². The highest BCUT2D eigenvalue weighted by Gasteiger charge is 2.21. The molecule has 1 atom stereocenters. The minimum atomic E-state index is -0.451. The second-order valence-corrected chi connectivity index (χ2v) is 4.93. The van der Waals surface area contributed by atoms with E-state index in [0.29, 0.717) is 19.2 Å². The maximum absolute atomic E-state index is 9.68. The molecule has 0 amide bonds. The quantitative estimate of drug-likeness (QED) is 0.839. The molecule has 1 aliphatic rings. The number of rotatable bonds is 6. The Morgan fingerprint density at radius 3 is 2.88 bits per heavy atom. The first kappa shape index (κ1) is 11.9.